The number of hydrogen-bond donors (Lipinski definition) is 3. The normalized spacial score (nSPS) is 19.7. The van der Waals surface area contributed by atoms with Crippen molar-refractivity contribution in [1.29, 1.82) is 0 Å². The zero-order chi connectivity index (χ0) is 14.8. The predicted octanol–water partition coefficient (Wildman–Crippen LogP) is 0.872. The van der Waals surface area contributed by atoms with Crippen molar-refractivity contribution in [3.05, 3.63) is 41.7 Å². The number of H-pyrrole nitrogens is 1. The molecule has 1 aromatic heterocycles. The van der Waals surface area contributed by atoms with E-state index in [4.69, 9.17) is 5.84 Å². The smallest absolute Gasteiger partial charge is 0.285 e. The lowest BCUT2D eigenvalue weighted by molar-refractivity contribution is 0.0949. The quantitative estimate of drug-likeness (QED) is 0.254. The number of aromatic nitrogens is 2. The van der Waals surface area contributed by atoms with Gasteiger partial charge in [-0.2, -0.15) is 0 Å². The van der Waals surface area contributed by atoms with Crippen molar-refractivity contribution in [3.63, 3.8) is 0 Å². The summed E-state index contributed by atoms with van der Waals surface area (Å²) < 4.78 is 0. The van der Waals surface area contributed by atoms with E-state index in [2.05, 4.69) is 15.0 Å². The second-order valence-electron chi connectivity index (χ2n) is 4.86. The second-order valence-corrected chi connectivity index (χ2v) is 4.86. The minimum absolute atomic E-state index is 0.0665. The van der Waals surface area contributed by atoms with Crippen LogP contribution in [0.2, 0.25) is 0 Å². The standard InChI is InChI=1S/C14H13N5O2/c15-19-14(21)12-6-16-13(18-12)9-3-1-8(2-4-9)10-5-11(10)17-7-20/h1-4,6,10-11H,5,15H2,(H,16,18)(H,19,21). The Morgan fingerprint density at radius 3 is 2.86 bits per heavy atom. The number of amides is 1. The number of benzene rings is 1. The van der Waals surface area contributed by atoms with Crippen LogP contribution in [0.3, 0.4) is 0 Å². The van der Waals surface area contributed by atoms with Gasteiger partial charge in [0.2, 0.25) is 6.08 Å². The first-order chi connectivity index (χ1) is 10.2. The molecule has 2 aromatic rings. The van der Waals surface area contributed by atoms with Crippen molar-refractivity contribution in [2.75, 3.05) is 0 Å². The summed E-state index contributed by atoms with van der Waals surface area (Å²) in [7, 11) is 0. The molecular weight excluding hydrogens is 270 g/mol. The van der Waals surface area contributed by atoms with E-state index >= 15 is 0 Å². The second kappa shape index (κ2) is 5.32. The molecule has 1 amide bonds. The Hall–Kier alpha value is -2.76. The van der Waals surface area contributed by atoms with Crippen LogP contribution in [0, 0.1) is 0 Å². The number of aromatic amines is 1. The van der Waals surface area contributed by atoms with E-state index in [1.54, 1.807) is 6.08 Å². The number of nitrogens with two attached hydrogens (primary N) is 1. The zero-order valence-corrected chi connectivity index (χ0v) is 11.0. The van der Waals surface area contributed by atoms with Gasteiger partial charge in [-0.15, -0.1) is 0 Å². The molecule has 0 bridgehead atoms. The van der Waals surface area contributed by atoms with Gasteiger partial charge in [0.05, 0.1) is 6.04 Å². The van der Waals surface area contributed by atoms with Gasteiger partial charge in [0.15, 0.2) is 0 Å². The molecule has 1 saturated carbocycles. The molecule has 1 aliphatic carbocycles. The summed E-state index contributed by atoms with van der Waals surface area (Å²) in [5.41, 5.74) is 4.27. The zero-order valence-electron chi connectivity index (χ0n) is 11.0. The molecule has 1 heterocycles. The summed E-state index contributed by atoms with van der Waals surface area (Å²) in [6.45, 7) is 0. The van der Waals surface area contributed by atoms with Gasteiger partial charge in [-0.1, -0.05) is 24.3 Å². The summed E-state index contributed by atoms with van der Waals surface area (Å²) in [4.78, 5) is 32.4. The highest BCUT2D eigenvalue weighted by Crippen LogP contribution is 2.43. The molecule has 1 aromatic carbocycles. The van der Waals surface area contributed by atoms with Crippen molar-refractivity contribution in [1.82, 2.24) is 15.4 Å². The largest absolute Gasteiger partial charge is 0.344 e. The highest BCUT2D eigenvalue weighted by Gasteiger charge is 2.38. The highest BCUT2D eigenvalue weighted by molar-refractivity contribution is 5.92. The molecular formula is C14H13N5O2. The van der Waals surface area contributed by atoms with E-state index in [-0.39, 0.29) is 11.7 Å². The number of carbonyl (C=O) groups excluding carboxylic acids is 2. The summed E-state index contributed by atoms with van der Waals surface area (Å²) in [5, 5.41) is 0. The van der Waals surface area contributed by atoms with E-state index in [1.165, 1.54) is 6.20 Å². The molecule has 0 spiro atoms. The fourth-order valence-electron chi connectivity index (χ4n) is 2.30. The third-order valence-electron chi connectivity index (χ3n) is 3.53. The maximum Gasteiger partial charge on any atom is 0.285 e. The number of rotatable bonds is 4. The van der Waals surface area contributed by atoms with Crippen molar-refractivity contribution in [2.24, 2.45) is 10.8 Å². The first-order valence-electron chi connectivity index (χ1n) is 6.46. The molecule has 1 aliphatic rings. The Morgan fingerprint density at radius 2 is 2.19 bits per heavy atom. The molecule has 0 aliphatic heterocycles. The fraction of sp³-hybridized carbons (Fsp3) is 0.214. The first kappa shape index (κ1) is 13.2. The lowest BCUT2D eigenvalue weighted by Gasteiger charge is -2.00. The molecule has 0 saturated heterocycles. The Kier molecular flexibility index (Phi) is 3.35. The van der Waals surface area contributed by atoms with Crippen LogP contribution in [0.1, 0.15) is 28.4 Å². The van der Waals surface area contributed by atoms with Gasteiger partial charge in [-0.3, -0.25) is 10.2 Å². The van der Waals surface area contributed by atoms with Crippen LogP contribution in [-0.2, 0) is 4.79 Å². The summed E-state index contributed by atoms with van der Waals surface area (Å²) in [6.07, 6.45) is 3.98. The number of nitrogen functional groups attached to an aromatic ring is 1. The molecule has 1 fully saturated rings. The van der Waals surface area contributed by atoms with Gasteiger partial charge < -0.3 is 4.98 Å². The average Bonchev–Trinajstić information content (AvgIpc) is 3.11. The molecule has 7 heteroatoms. The molecule has 106 valence electrons. The number of hydrazine groups is 1. The van der Waals surface area contributed by atoms with Gasteiger partial charge in [0.1, 0.15) is 11.5 Å². The topological polar surface area (TPSA) is 113 Å². The summed E-state index contributed by atoms with van der Waals surface area (Å²) in [5.74, 6) is 5.51. The Bertz CT molecular complexity index is 715. The van der Waals surface area contributed by atoms with Crippen molar-refractivity contribution in [2.45, 2.75) is 18.4 Å². The maximum atomic E-state index is 11.3. The van der Waals surface area contributed by atoms with E-state index in [1.807, 2.05) is 29.7 Å². The van der Waals surface area contributed by atoms with E-state index < -0.39 is 5.91 Å². The molecule has 4 N–H and O–H groups in total. The van der Waals surface area contributed by atoms with Crippen LogP contribution >= 0.6 is 0 Å². The number of imidazole rings is 1. The predicted molar refractivity (Wildman–Crippen MR) is 74.9 cm³/mol. The SMILES string of the molecule is NNC(=O)c1c[nH]c(-c2ccc(C3CC3N=C=O)cc2)n1. The summed E-state index contributed by atoms with van der Waals surface area (Å²) in [6, 6.07) is 7.85. The van der Waals surface area contributed by atoms with Crippen LogP contribution in [-0.4, -0.2) is 28.0 Å². The van der Waals surface area contributed by atoms with Crippen LogP contribution in [0.25, 0.3) is 11.4 Å². The van der Waals surface area contributed by atoms with Crippen LogP contribution in [0.15, 0.2) is 35.5 Å². The number of nitrogens with zero attached hydrogens (tertiary/aromatic N) is 2. The number of aliphatic imine (C=N–C) groups is 1. The molecule has 0 radical (unpaired) electrons. The number of nitrogens with one attached hydrogen (secondary N) is 2. The molecule has 2 unspecified atom stereocenters. The van der Waals surface area contributed by atoms with E-state index in [0.29, 0.717) is 11.7 Å². The van der Waals surface area contributed by atoms with Gasteiger partial charge in [-0.25, -0.2) is 20.6 Å². The lowest BCUT2D eigenvalue weighted by atomic mass is 10.1. The van der Waals surface area contributed by atoms with Crippen LogP contribution in [0.4, 0.5) is 0 Å². The van der Waals surface area contributed by atoms with E-state index in [0.717, 1.165) is 17.5 Å². The van der Waals surface area contributed by atoms with Gasteiger partial charge in [0, 0.05) is 17.7 Å². The summed E-state index contributed by atoms with van der Waals surface area (Å²) >= 11 is 0. The first-order valence-corrected chi connectivity index (χ1v) is 6.46. The number of hydrogen-bond acceptors (Lipinski definition) is 5. The Morgan fingerprint density at radius 1 is 1.43 bits per heavy atom. The third-order valence-corrected chi connectivity index (χ3v) is 3.53. The van der Waals surface area contributed by atoms with E-state index in [9.17, 15) is 9.59 Å². The minimum atomic E-state index is -0.443. The van der Waals surface area contributed by atoms with Crippen molar-refractivity contribution < 1.29 is 9.59 Å². The van der Waals surface area contributed by atoms with Gasteiger partial charge in [-0.05, 0) is 12.0 Å². The third kappa shape index (κ3) is 2.60. The average molecular weight is 283 g/mol. The van der Waals surface area contributed by atoms with Crippen molar-refractivity contribution in [3.8, 4) is 11.4 Å². The Labute approximate surface area is 120 Å². The van der Waals surface area contributed by atoms with Gasteiger partial charge in [0.25, 0.3) is 5.91 Å². The molecule has 21 heavy (non-hydrogen) atoms. The lowest BCUT2D eigenvalue weighted by Crippen LogP contribution is -2.30. The van der Waals surface area contributed by atoms with Crippen molar-refractivity contribution >= 4 is 12.0 Å². The number of carbonyl (C=O) groups is 1. The fourth-order valence-corrected chi connectivity index (χ4v) is 2.30. The molecule has 3 rings (SSSR count). The maximum absolute atomic E-state index is 11.3. The minimum Gasteiger partial charge on any atom is -0.344 e. The molecule has 2 atom stereocenters. The van der Waals surface area contributed by atoms with Crippen LogP contribution in [0.5, 0.6) is 0 Å². The number of isocyanates is 1. The monoisotopic (exact) mass is 283 g/mol. The van der Waals surface area contributed by atoms with Gasteiger partial charge >= 0.3 is 0 Å². The highest BCUT2D eigenvalue weighted by atomic mass is 16.2. The van der Waals surface area contributed by atoms with Crippen LogP contribution < -0.4 is 11.3 Å². The Balaban J connectivity index is 1.77. The molecule has 7 nitrogen and oxygen atoms in total.